The summed E-state index contributed by atoms with van der Waals surface area (Å²) in [6.45, 7) is 6.34. The number of aromatic nitrogens is 3. The molecular formula is C18H23N5O2. The zero-order valence-corrected chi connectivity index (χ0v) is 14.6. The third-order valence-electron chi connectivity index (χ3n) is 4.09. The van der Waals surface area contributed by atoms with Crippen LogP contribution >= 0.6 is 0 Å². The van der Waals surface area contributed by atoms with Crippen molar-refractivity contribution in [3.05, 3.63) is 36.2 Å². The van der Waals surface area contributed by atoms with E-state index in [9.17, 15) is 4.79 Å². The number of amides is 1. The van der Waals surface area contributed by atoms with E-state index in [1.807, 2.05) is 43.0 Å². The molecule has 3 rings (SSSR count). The lowest BCUT2D eigenvalue weighted by Crippen LogP contribution is -2.47. The van der Waals surface area contributed by atoms with Crippen LogP contribution in [0.15, 0.2) is 30.5 Å². The fourth-order valence-electron chi connectivity index (χ4n) is 2.70. The van der Waals surface area contributed by atoms with Crippen molar-refractivity contribution < 1.29 is 9.53 Å². The number of aryl methyl sites for hydroxylation is 1. The first-order valence-corrected chi connectivity index (χ1v) is 8.60. The summed E-state index contributed by atoms with van der Waals surface area (Å²) in [7, 11) is 0. The first-order valence-electron chi connectivity index (χ1n) is 8.60. The quantitative estimate of drug-likeness (QED) is 0.893. The first kappa shape index (κ1) is 17.3. The average Bonchev–Trinajstić information content (AvgIpc) is 2.68. The molecule has 2 aromatic heterocycles. The Morgan fingerprint density at radius 2 is 2.12 bits per heavy atom. The lowest BCUT2D eigenvalue weighted by atomic mass is 10.2. The minimum Gasteiger partial charge on any atom is -0.378 e. The highest BCUT2D eigenvalue weighted by atomic mass is 16.5. The van der Waals surface area contributed by atoms with Crippen LogP contribution in [0.1, 0.15) is 19.5 Å². The van der Waals surface area contributed by atoms with Gasteiger partial charge >= 0.3 is 0 Å². The number of carbonyl (C=O) groups is 1. The van der Waals surface area contributed by atoms with E-state index in [-0.39, 0.29) is 11.9 Å². The van der Waals surface area contributed by atoms with Crippen molar-refractivity contribution in [3.8, 4) is 11.5 Å². The van der Waals surface area contributed by atoms with E-state index in [0.29, 0.717) is 43.6 Å². The summed E-state index contributed by atoms with van der Waals surface area (Å²) < 4.78 is 5.30. The van der Waals surface area contributed by atoms with Gasteiger partial charge in [0.25, 0.3) is 0 Å². The van der Waals surface area contributed by atoms with Crippen LogP contribution in [0, 0.1) is 0 Å². The number of morpholine rings is 1. The molecule has 1 aliphatic rings. The lowest BCUT2D eigenvalue weighted by Gasteiger charge is -2.29. The number of ether oxygens (including phenoxy) is 1. The Morgan fingerprint density at radius 1 is 1.32 bits per heavy atom. The minimum absolute atomic E-state index is 0.0550. The summed E-state index contributed by atoms with van der Waals surface area (Å²) in [5, 5.41) is 3.21. The van der Waals surface area contributed by atoms with Gasteiger partial charge in [0, 0.05) is 31.0 Å². The van der Waals surface area contributed by atoms with Crippen molar-refractivity contribution in [2.45, 2.75) is 26.3 Å². The van der Waals surface area contributed by atoms with E-state index >= 15 is 0 Å². The van der Waals surface area contributed by atoms with Crippen molar-refractivity contribution in [3.63, 3.8) is 0 Å². The van der Waals surface area contributed by atoms with Crippen LogP contribution in [0.3, 0.4) is 0 Å². The highest BCUT2D eigenvalue weighted by molar-refractivity contribution is 5.84. The van der Waals surface area contributed by atoms with Crippen molar-refractivity contribution in [1.82, 2.24) is 19.9 Å². The number of pyridine rings is 1. The van der Waals surface area contributed by atoms with E-state index < -0.39 is 0 Å². The second kappa shape index (κ2) is 8.02. The molecule has 1 N–H and O–H groups in total. The molecule has 0 aromatic carbocycles. The Morgan fingerprint density at radius 3 is 2.80 bits per heavy atom. The Balaban J connectivity index is 1.78. The molecule has 0 bridgehead atoms. The highest BCUT2D eigenvalue weighted by Crippen LogP contribution is 2.17. The maximum Gasteiger partial charge on any atom is 0.244 e. The predicted octanol–water partition coefficient (Wildman–Crippen LogP) is 1.76. The molecule has 1 saturated heterocycles. The molecule has 2 aromatic rings. The summed E-state index contributed by atoms with van der Waals surface area (Å²) in [4.78, 5) is 27.8. The molecule has 25 heavy (non-hydrogen) atoms. The highest BCUT2D eigenvalue weighted by Gasteiger charge is 2.23. The van der Waals surface area contributed by atoms with E-state index in [1.165, 1.54) is 0 Å². The lowest BCUT2D eigenvalue weighted by molar-refractivity contribution is -0.135. The smallest absolute Gasteiger partial charge is 0.244 e. The predicted molar refractivity (Wildman–Crippen MR) is 95.1 cm³/mol. The van der Waals surface area contributed by atoms with Gasteiger partial charge in [-0.1, -0.05) is 13.0 Å². The van der Waals surface area contributed by atoms with Crippen LogP contribution in [-0.4, -0.2) is 58.1 Å². The van der Waals surface area contributed by atoms with Gasteiger partial charge in [0.15, 0.2) is 5.82 Å². The number of nitrogens with one attached hydrogen (secondary N) is 1. The van der Waals surface area contributed by atoms with Gasteiger partial charge in [-0.15, -0.1) is 0 Å². The summed E-state index contributed by atoms with van der Waals surface area (Å²) in [5.74, 6) is 1.26. The maximum atomic E-state index is 12.6. The van der Waals surface area contributed by atoms with Crippen LogP contribution < -0.4 is 5.32 Å². The standard InChI is InChI=1S/C18H23N5O2/c1-3-14-12-16(22-17(21-14)15-6-4-5-7-19-15)20-13(2)18(24)23-8-10-25-11-9-23/h4-7,12-13H,3,8-11H2,1-2H3,(H,20,21,22). The third-order valence-corrected chi connectivity index (χ3v) is 4.09. The van der Waals surface area contributed by atoms with E-state index in [1.54, 1.807) is 6.20 Å². The van der Waals surface area contributed by atoms with E-state index in [0.717, 1.165) is 12.1 Å². The molecule has 1 atom stereocenters. The van der Waals surface area contributed by atoms with Gasteiger partial charge in [-0.05, 0) is 25.5 Å². The Kier molecular flexibility index (Phi) is 5.55. The molecular weight excluding hydrogens is 318 g/mol. The van der Waals surface area contributed by atoms with Crippen LogP contribution in [0.4, 0.5) is 5.82 Å². The molecule has 1 unspecified atom stereocenters. The molecule has 1 fully saturated rings. The Labute approximate surface area is 147 Å². The van der Waals surface area contributed by atoms with E-state index in [4.69, 9.17) is 4.74 Å². The molecule has 1 aliphatic heterocycles. The fourth-order valence-corrected chi connectivity index (χ4v) is 2.70. The zero-order valence-electron chi connectivity index (χ0n) is 14.6. The van der Waals surface area contributed by atoms with Gasteiger partial charge in [0.2, 0.25) is 5.91 Å². The average molecular weight is 341 g/mol. The van der Waals surface area contributed by atoms with Gasteiger partial charge in [0.05, 0.1) is 13.2 Å². The SMILES string of the molecule is CCc1cc(NC(C)C(=O)N2CCOCC2)nc(-c2ccccn2)n1. The summed E-state index contributed by atoms with van der Waals surface area (Å²) in [6, 6.07) is 7.16. The molecule has 0 spiro atoms. The summed E-state index contributed by atoms with van der Waals surface area (Å²) in [5.41, 5.74) is 1.62. The van der Waals surface area contributed by atoms with Crippen LogP contribution in [0.2, 0.25) is 0 Å². The van der Waals surface area contributed by atoms with Gasteiger partial charge in [-0.2, -0.15) is 0 Å². The zero-order chi connectivity index (χ0) is 17.6. The number of nitrogens with zero attached hydrogens (tertiary/aromatic N) is 4. The summed E-state index contributed by atoms with van der Waals surface area (Å²) in [6.07, 6.45) is 2.50. The third kappa shape index (κ3) is 4.30. The topological polar surface area (TPSA) is 80.2 Å². The van der Waals surface area contributed by atoms with Crippen molar-refractivity contribution in [2.75, 3.05) is 31.6 Å². The molecule has 0 saturated carbocycles. The van der Waals surface area contributed by atoms with Gasteiger partial charge < -0.3 is 15.0 Å². The van der Waals surface area contributed by atoms with Crippen LogP contribution in [0.5, 0.6) is 0 Å². The van der Waals surface area contributed by atoms with Crippen LogP contribution in [-0.2, 0) is 16.0 Å². The Bertz CT molecular complexity index is 717. The Hall–Kier alpha value is -2.54. The molecule has 132 valence electrons. The number of anilines is 1. The summed E-state index contributed by atoms with van der Waals surface area (Å²) >= 11 is 0. The largest absolute Gasteiger partial charge is 0.378 e. The van der Waals surface area contributed by atoms with Gasteiger partial charge in [-0.3, -0.25) is 9.78 Å². The molecule has 7 heteroatoms. The molecule has 0 aliphatic carbocycles. The van der Waals surface area contributed by atoms with Gasteiger partial charge in [0.1, 0.15) is 17.6 Å². The second-order valence-electron chi connectivity index (χ2n) is 5.94. The van der Waals surface area contributed by atoms with Crippen molar-refractivity contribution in [1.29, 1.82) is 0 Å². The number of hydrogen-bond acceptors (Lipinski definition) is 6. The minimum atomic E-state index is -0.366. The number of hydrogen-bond donors (Lipinski definition) is 1. The molecule has 0 radical (unpaired) electrons. The van der Waals surface area contributed by atoms with Crippen molar-refractivity contribution in [2.24, 2.45) is 0 Å². The molecule has 7 nitrogen and oxygen atoms in total. The molecule has 1 amide bonds. The second-order valence-corrected chi connectivity index (χ2v) is 5.94. The van der Waals surface area contributed by atoms with Crippen molar-refractivity contribution >= 4 is 11.7 Å². The van der Waals surface area contributed by atoms with E-state index in [2.05, 4.69) is 20.3 Å². The number of rotatable bonds is 5. The number of carbonyl (C=O) groups excluding carboxylic acids is 1. The monoisotopic (exact) mass is 341 g/mol. The molecule has 3 heterocycles. The van der Waals surface area contributed by atoms with Gasteiger partial charge in [-0.25, -0.2) is 9.97 Å². The maximum absolute atomic E-state index is 12.6. The fraction of sp³-hybridized carbons (Fsp3) is 0.444. The normalized spacial score (nSPS) is 15.7. The first-order chi connectivity index (χ1) is 12.2. The van der Waals surface area contributed by atoms with Crippen LogP contribution in [0.25, 0.3) is 11.5 Å².